The van der Waals surface area contributed by atoms with Crippen molar-refractivity contribution in [3.05, 3.63) is 95.6 Å². The Morgan fingerprint density at radius 2 is 1.55 bits per heavy atom. The minimum Gasteiger partial charge on any atom is -0.334 e. The SMILES string of the molecule is O=C(c1ccccc1)c1ccc(-c2nc(-c3ccc(CNC4CCC4)cc3)no2)cc1. The Labute approximate surface area is 181 Å². The maximum absolute atomic E-state index is 12.6. The zero-order valence-corrected chi connectivity index (χ0v) is 17.1. The molecule has 4 aromatic rings. The average Bonchev–Trinajstić information content (AvgIpc) is 3.29. The quantitative estimate of drug-likeness (QED) is 0.421. The highest BCUT2D eigenvalue weighted by molar-refractivity contribution is 6.09. The molecule has 0 radical (unpaired) electrons. The van der Waals surface area contributed by atoms with E-state index >= 15 is 0 Å². The van der Waals surface area contributed by atoms with E-state index < -0.39 is 0 Å². The van der Waals surface area contributed by atoms with Gasteiger partial charge in [0.15, 0.2) is 5.78 Å². The number of carbonyl (C=O) groups is 1. The van der Waals surface area contributed by atoms with Crippen molar-refractivity contribution in [2.45, 2.75) is 31.8 Å². The molecule has 0 bridgehead atoms. The standard InChI is InChI=1S/C26H23N3O2/c30-24(19-5-2-1-3-6-19)20-13-15-22(16-14-20)26-28-25(29-31-26)21-11-9-18(10-12-21)17-27-23-7-4-8-23/h1-3,5-6,9-16,23,27H,4,7-8,17H2. The summed E-state index contributed by atoms with van der Waals surface area (Å²) in [5.41, 5.74) is 4.24. The third kappa shape index (κ3) is 4.32. The number of hydrogen-bond acceptors (Lipinski definition) is 5. The van der Waals surface area contributed by atoms with Crippen LogP contribution in [0.3, 0.4) is 0 Å². The van der Waals surface area contributed by atoms with Crippen LogP contribution in [0.4, 0.5) is 0 Å². The first kappa shape index (κ1) is 19.4. The van der Waals surface area contributed by atoms with Gasteiger partial charge in [0.25, 0.3) is 5.89 Å². The normalized spacial score (nSPS) is 13.7. The molecule has 1 N–H and O–H groups in total. The van der Waals surface area contributed by atoms with Crippen LogP contribution in [0.15, 0.2) is 83.4 Å². The molecule has 5 nitrogen and oxygen atoms in total. The van der Waals surface area contributed by atoms with Crippen molar-refractivity contribution in [2.75, 3.05) is 0 Å². The van der Waals surface area contributed by atoms with Gasteiger partial charge in [-0.25, -0.2) is 0 Å². The van der Waals surface area contributed by atoms with Crippen LogP contribution in [0.25, 0.3) is 22.8 Å². The molecule has 0 amide bonds. The summed E-state index contributed by atoms with van der Waals surface area (Å²) in [6.07, 6.45) is 3.90. The van der Waals surface area contributed by atoms with Gasteiger partial charge in [-0.2, -0.15) is 4.98 Å². The van der Waals surface area contributed by atoms with Crippen molar-refractivity contribution in [3.8, 4) is 22.8 Å². The second kappa shape index (κ2) is 8.66. The summed E-state index contributed by atoms with van der Waals surface area (Å²) in [5, 5.41) is 7.69. The lowest BCUT2D eigenvalue weighted by Gasteiger charge is -2.26. The molecule has 154 valence electrons. The van der Waals surface area contributed by atoms with E-state index in [4.69, 9.17) is 4.52 Å². The van der Waals surface area contributed by atoms with Gasteiger partial charge in [0.1, 0.15) is 0 Å². The van der Waals surface area contributed by atoms with E-state index in [1.807, 2.05) is 54.6 Å². The average molecular weight is 409 g/mol. The van der Waals surface area contributed by atoms with Gasteiger partial charge in [-0.3, -0.25) is 4.79 Å². The number of rotatable bonds is 7. The maximum atomic E-state index is 12.6. The van der Waals surface area contributed by atoms with E-state index in [2.05, 4.69) is 27.6 Å². The molecule has 1 heterocycles. The Kier molecular flexibility index (Phi) is 5.42. The van der Waals surface area contributed by atoms with Gasteiger partial charge in [-0.1, -0.05) is 78.3 Å². The molecular formula is C26H23N3O2. The largest absolute Gasteiger partial charge is 0.334 e. The van der Waals surface area contributed by atoms with Crippen molar-refractivity contribution >= 4 is 5.78 Å². The lowest BCUT2D eigenvalue weighted by atomic mass is 9.93. The first-order valence-electron chi connectivity index (χ1n) is 10.6. The molecule has 0 aliphatic heterocycles. The minimum atomic E-state index is -0.00902. The molecule has 5 heteroatoms. The molecular weight excluding hydrogens is 386 g/mol. The highest BCUT2D eigenvalue weighted by Gasteiger charge is 2.16. The summed E-state index contributed by atoms with van der Waals surface area (Å²) in [6, 6.07) is 25.4. The van der Waals surface area contributed by atoms with Crippen molar-refractivity contribution in [3.63, 3.8) is 0 Å². The van der Waals surface area contributed by atoms with Crippen LogP contribution in [0.2, 0.25) is 0 Å². The number of aromatic nitrogens is 2. The first-order valence-corrected chi connectivity index (χ1v) is 10.6. The van der Waals surface area contributed by atoms with Crippen LogP contribution in [0.1, 0.15) is 40.7 Å². The van der Waals surface area contributed by atoms with Crippen LogP contribution >= 0.6 is 0 Å². The van der Waals surface area contributed by atoms with E-state index in [0.717, 1.165) is 17.7 Å². The lowest BCUT2D eigenvalue weighted by molar-refractivity contribution is 0.103. The van der Waals surface area contributed by atoms with E-state index in [1.165, 1.54) is 24.8 Å². The highest BCUT2D eigenvalue weighted by Crippen LogP contribution is 2.24. The predicted molar refractivity (Wildman–Crippen MR) is 120 cm³/mol. The zero-order valence-electron chi connectivity index (χ0n) is 17.1. The second-order valence-electron chi connectivity index (χ2n) is 7.90. The van der Waals surface area contributed by atoms with Crippen molar-refractivity contribution in [1.82, 2.24) is 15.5 Å². The van der Waals surface area contributed by atoms with Gasteiger partial charge < -0.3 is 9.84 Å². The van der Waals surface area contributed by atoms with Crippen molar-refractivity contribution in [2.24, 2.45) is 0 Å². The zero-order chi connectivity index (χ0) is 21.0. The van der Waals surface area contributed by atoms with Crippen LogP contribution < -0.4 is 5.32 Å². The number of hydrogen-bond donors (Lipinski definition) is 1. The van der Waals surface area contributed by atoms with Gasteiger partial charge >= 0.3 is 0 Å². The van der Waals surface area contributed by atoms with E-state index in [-0.39, 0.29) is 5.78 Å². The van der Waals surface area contributed by atoms with Gasteiger partial charge in [-0.05, 0) is 30.5 Å². The lowest BCUT2D eigenvalue weighted by Crippen LogP contribution is -2.34. The minimum absolute atomic E-state index is 0.00902. The fourth-order valence-electron chi connectivity index (χ4n) is 3.62. The molecule has 0 atom stereocenters. The second-order valence-corrected chi connectivity index (χ2v) is 7.90. The third-order valence-corrected chi connectivity index (χ3v) is 5.77. The van der Waals surface area contributed by atoms with Gasteiger partial charge in [0.2, 0.25) is 5.82 Å². The summed E-state index contributed by atoms with van der Waals surface area (Å²) in [5.74, 6) is 0.979. The predicted octanol–water partition coefficient (Wildman–Crippen LogP) is 5.28. The van der Waals surface area contributed by atoms with E-state index in [0.29, 0.717) is 28.9 Å². The molecule has 1 aromatic heterocycles. The summed E-state index contributed by atoms with van der Waals surface area (Å²) >= 11 is 0. The molecule has 1 aliphatic rings. The number of benzene rings is 3. The van der Waals surface area contributed by atoms with Crippen LogP contribution in [0, 0.1) is 0 Å². The maximum Gasteiger partial charge on any atom is 0.258 e. The first-order chi connectivity index (χ1) is 15.3. The van der Waals surface area contributed by atoms with Gasteiger partial charge in [-0.15, -0.1) is 0 Å². The number of carbonyl (C=O) groups excluding carboxylic acids is 1. The van der Waals surface area contributed by atoms with E-state index in [1.54, 1.807) is 12.1 Å². The summed E-state index contributed by atoms with van der Waals surface area (Å²) in [6.45, 7) is 0.885. The monoisotopic (exact) mass is 409 g/mol. The highest BCUT2D eigenvalue weighted by atomic mass is 16.5. The number of nitrogens with one attached hydrogen (secondary N) is 1. The Bertz CT molecular complexity index is 1160. The van der Waals surface area contributed by atoms with Crippen LogP contribution in [-0.2, 0) is 6.54 Å². The molecule has 0 unspecified atom stereocenters. The summed E-state index contributed by atoms with van der Waals surface area (Å²) in [7, 11) is 0. The fraction of sp³-hybridized carbons (Fsp3) is 0.192. The fourth-order valence-corrected chi connectivity index (χ4v) is 3.62. The van der Waals surface area contributed by atoms with Crippen LogP contribution in [0.5, 0.6) is 0 Å². The Morgan fingerprint density at radius 1 is 0.871 bits per heavy atom. The number of ketones is 1. The third-order valence-electron chi connectivity index (χ3n) is 5.77. The van der Waals surface area contributed by atoms with Crippen molar-refractivity contribution < 1.29 is 9.32 Å². The Balaban J connectivity index is 1.27. The topological polar surface area (TPSA) is 68.0 Å². The molecule has 5 rings (SSSR count). The molecule has 1 fully saturated rings. The molecule has 1 saturated carbocycles. The van der Waals surface area contributed by atoms with E-state index in [9.17, 15) is 4.79 Å². The summed E-state index contributed by atoms with van der Waals surface area (Å²) in [4.78, 5) is 17.1. The number of nitrogens with zero attached hydrogens (tertiary/aromatic N) is 2. The molecule has 0 saturated heterocycles. The van der Waals surface area contributed by atoms with Gasteiger partial charge in [0, 0.05) is 34.8 Å². The Morgan fingerprint density at radius 3 is 2.23 bits per heavy atom. The smallest absolute Gasteiger partial charge is 0.258 e. The van der Waals surface area contributed by atoms with Crippen molar-refractivity contribution in [1.29, 1.82) is 0 Å². The summed E-state index contributed by atoms with van der Waals surface area (Å²) < 4.78 is 5.46. The van der Waals surface area contributed by atoms with Gasteiger partial charge in [0.05, 0.1) is 0 Å². The van der Waals surface area contributed by atoms with Crippen LogP contribution in [-0.4, -0.2) is 22.0 Å². The molecule has 3 aromatic carbocycles. The molecule has 1 aliphatic carbocycles. The molecule has 0 spiro atoms. The Hall–Kier alpha value is -3.57. The molecule has 31 heavy (non-hydrogen) atoms.